The molecule has 0 saturated heterocycles. The van der Waals surface area contributed by atoms with Crippen LogP contribution >= 0.6 is 11.3 Å². The van der Waals surface area contributed by atoms with Gasteiger partial charge in [0, 0.05) is 30.3 Å². The predicted molar refractivity (Wildman–Crippen MR) is 90.3 cm³/mol. The third-order valence-corrected chi connectivity index (χ3v) is 4.26. The molecule has 0 bridgehead atoms. The molecule has 0 aliphatic carbocycles. The maximum absolute atomic E-state index is 11.7. The van der Waals surface area contributed by atoms with Gasteiger partial charge in [0.25, 0.3) is 0 Å². The number of benzene rings is 1. The summed E-state index contributed by atoms with van der Waals surface area (Å²) in [5.74, 6) is 0.942. The topological polar surface area (TPSA) is 51.2 Å². The van der Waals surface area contributed by atoms with Crippen molar-refractivity contribution in [3.05, 3.63) is 34.7 Å². The van der Waals surface area contributed by atoms with E-state index in [1.54, 1.807) is 18.4 Å². The van der Waals surface area contributed by atoms with E-state index < -0.39 is 0 Å². The van der Waals surface area contributed by atoms with E-state index >= 15 is 0 Å². The standard InChI is InChI=1S/C17H22N2O2S/c1-3-4-11-18-16(20)9-10-17-19-15(12-22-17)13-5-7-14(21-2)8-6-13/h5-8,12H,3-4,9-11H2,1-2H3,(H,18,20). The van der Waals surface area contributed by atoms with Crippen molar-refractivity contribution < 1.29 is 9.53 Å². The van der Waals surface area contributed by atoms with Gasteiger partial charge in [0.15, 0.2) is 0 Å². The number of aryl methyl sites for hydroxylation is 1. The van der Waals surface area contributed by atoms with E-state index in [1.807, 2.05) is 29.6 Å². The molecule has 118 valence electrons. The summed E-state index contributed by atoms with van der Waals surface area (Å²) in [6.45, 7) is 2.88. The monoisotopic (exact) mass is 318 g/mol. The fourth-order valence-electron chi connectivity index (χ4n) is 2.03. The van der Waals surface area contributed by atoms with Crippen LogP contribution in [0.5, 0.6) is 5.75 Å². The molecule has 5 heteroatoms. The Morgan fingerprint density at radius 1 is 1.32 bits per heavy atom. The van der Waals surface area contributed by atoms with Crippen molar-refractivity contribution >= 4 is 17.2 Å². The van der Waals surface area contributed by atoms with Crippen LogP contribution in [0.2, 0.25) is 0 Å². The van der Waals surface area contributed by atoms with Gasteiger partial charge in [0.1, 0.15) is 5.75 Å². The first kappa shape index (κ1) is 16.5. The van der Waals surface area contributed by atoms with Gasteiger partial charge in [-0.3, -0.25) is 4.79 Å². The highest BCUT2D eigenvalue weighted by Crippen LogP contribution is 2.24. The number of ether oxygens (including phenoxy) is 1. The Morgan fingerprint density at radius 3 is 2.77 bits per heavy atom. The first-order valence-electron chi connectivity index (χ1n) is 7.58. The maximum Gasteiger partial charge on any atom is 0.220 e. The number of carbonyl (C=O) groups is 1. The molecule has 22 heavy (non-hydrogen) atoms. The molecule has 1 aromatic carbocycles. The quantitative estimate of drug-likeness (QED) is 0.756. The Labute approximate surface area is 135 Å². The highest BCUT2D eigenvalue weighted by atomic mass is 32.1. The van der Waals surface area contributed by atoms with Gasteiger partial charge in [-0.05, 0) is 30.7 Å². The van der Waals surface area contributed by atoms with Crippen LogP contribution in [0.1, 0.15) is 31.2 Å². The van der Waals surface area contributed by atoms with Gasteiger partial charge in [-0.15, -0.1) is 11.3 Å². The Balaban J connectivity index is 1.86. The van der Waals surface area contributed by atoms with Crippen LogP contribution in [0.3, 0.4) is 0 Å². The Bertz CT molecular complexity index is 593. The summed E-state index contributed by atoms with van der Waals surface area (Å²) in [6, 6.07) is 7.84. The molecule has 4 nitrogen and oxygen atoms in total. The van der Waals surface area contributed by atoms with E-state index in [-0.39, 0.29) is 5.91 Å². The van der Waals surface area contributed by atoms with Crippen molar-refractivity contribution in [2.24, 2.45) is 0 Å². The van der Waals surface area contributed by atoms with E-state index in [4.69, 9.17) is 4.74 Å². The van der Waals surface area contributed by atoms with Crippen LogP contribution in [-0.2, 0) is 11.2 Å². The van der Waals surface area contributed by atoms with Crippen LogP contribution in [0, 0.1) is 0 Å². The molecule has 1 N–H and O–H groups in total. The molecule has 0 unspecified atom stereocenters. The maximum atomic E-state index is 11.7. The summed E-state index contributed by atoms with van der Waals surface area (Å²) in [6.07, 6.45) is 3.32. The molecule has 2 rings (SSSR count). The third kappa shape index (κ3) is 4.84. The number of hydrogen-bond donors (Lipinski definition) is 1. The zero-order valence-corrected chi connectivity index (χ0v) is 13.9. The molecule has 0 radical (unpaired) electrons. The summed E-state index contributed by atoms with van der Waals surface area (Å²) in [5, 5.41) is 5.96. The molecule has 1 amide bonds. The van der Waals surface area contributed by atoms with E-state index in [9.17, 15) is 4.79 Å². The number of rotatable bonds is 8. The Hall–Kier alpha value is -1.88. The largest absolute Gasteiger partial charge is 0.497 e. The van der Waals surface area contributed by atoms with Gasteiger partial charge in [-0.2, -0.15) is 0 Å². The predicted octanol–water partition coefficient (Wildman–Crippen LogP) is 3.67. The number of nitrogens with one attached hydrogen (secondary N) is 1. The molecule has 0 spiro atoms. The molecular weight excluding hydrogens is 296 g/mol. The van der Waals surface area contributed by atoms with Gasteiger partial charge in [0.05, 0.1) is 17.8 Å². The molecule has 1 aromatic heterocycles. The molecule has 0 aliphatic heterocycles. The highest BCUT2D eigenvalue weighted by molar-refractivity contribution is 7.09. The minimum atomic E-state index is 0.106. The van der Waals surface area contributed by atoms with Gasteiger partial charge in [0.2, 0.25) is 5.91 Å². The third-order valence-electron chi connectivity index (χ3n) is 3.36. The Morgan fingerprint density at radius 2 is 2.09 bits per heavy atom. The lowest BCUT2D eigenvalue weighted by Crippen LogP contribution is -2.24. The number of amides is 1. The van der Waals surface area contributed by atoms with E-state index in [0.29, 0.717) is 12.8 Å². The number of aromatic nitrogens is 1. The number of thiazole rings is 1. The average Bonchev–Trinajstić information content (AvgIpc) is 3.02. The van der Waals surface area contributed by atoms with Crippen molar-refractivity contribution in [3.8, 4) is 17.0 Å². The minimum Gasteiger partial charge on any atom is -0.497 e. The Kier molecular flexibility index (Phi) is 6.40. The second-order valence-corrected chi connectivity index (χ2v) is 6.00. The fourth-order valence-corrected chi connectivity index (χ4v) is 2.84. The number of carbonyl (C=O) groups excluding carboxylic acids is 1. The van der Waals surface area contributed by atoms with Crippen molar-refractivity contribution in [1.82, 2.24) is 10.3 Å². The van der Waals surface area contributed by atoms with Crippen LogP contribution in [0.15, 0.2) is 29.6 Å². The first-order chi connectivity index (χ1) is 10.7. The lowest BCUT2D eigenvalue weighted by atomic mass is 10.2. The summed E-state index contributed by atoms with van der Waals surface area (Å²) in [7, 11) is 1.65. The fraction of sp³-hybridized carbons (Fsp3) is 0.412. The van der Waals surface area contributed by atoms with E-state index in [1.165, 1.54) is 0 Å². The van der Waals surface area contributed by atoms with Crippen molar-refractivity contribution in [2.75, 3.05) is 13.7 Å². The molecule has 1 heterocycles. The average molecular weight is 318 g/mol. The lowest BCUT2D eigenvalue weighted by Gasteiger charge is -2.02. The van der Waals surface area contributed by atoms with Crippen LogP contribution in [0.4, 0.5) is 0 Å². The second kappa shape index (κ2) is 8.54. The summed E-state index contributed by atoms with van der Waals surface area (Å²) in [5.41, 5.74) is 2.02. The number of unbranched alkanes of at least 4 members (excludes halogenated alkanes) is 1. The van der Waals surface area contributed by atoms with Gasteiger partial charge in [-0.25, -0.2) is 4.98 Å². The molecule has 0 fully saturated rings. The number of nitrogens with zero attached hydrogens (tertiary/aromatic N) is 1. The van der Waals surface area contributed by atoms with Crippen molar-refractivity contribution in [1.29, 1.82) is 0 Å². The van der Waals surface area contributed by atoms with Crippen molar-refractivity contribution in [2.45, 2.75) is 32.6 Å². The number of methoxy groups -OCH3 is 1. The normalized spacial score (nSPS) is 10.5. The molecule has 0 atom stereocenters. The summed E-state index contributed by atoms with van der Waals surface area (Å²) >= 11 is 1.60. The molecule has 2 aromatic rings. The van der Waals surface area contributed by atoms with Crippen LogP contribution < -0.4 is 10.1 Å². The van der Waals surface area contributed by atoms with Crippen LogP contribution in [0.25, 0.3) is 11.3 Å². The number of hydrogen-bond acceptors (Lipinski definition) is 4. The second-order valence-electron chi connectivity index (χ2n) is 5.06. The van der Waals surface area contributed by atoms with Crippen LogP contribution in [-0.4, -0.2) is 24.5 Å². The van der Waals surface area contributed by atoms with Crippen molar-refractivity contribution in [3.63, 3.8) is 0 Å². The van der Waals surface area contributed by atoms with Gasteiger partial charge < -0.3 is 10.1 Å². The highest BCUT2D eigenvalue weighted by Gasteiger charge is 2.07. The van der Waals surface area contributed by atoms with Gasteiger partial charge in [-0.1, -0.05) is 13.3 Å². The lowest BCUT2D eigenvalue weighted by molar-refractivity contribution is -0.121. The zero-order chi connectivity index (χ0) is 15.8. The zero-order valence-electron chi connectivity index (χ0n) is 13.1. The summed E-state index contributed by atoms with van der Waals surface area (Å²) in [4.78, 5) is 16.3. The van der Waals surface area contributed by atoms with E-state index in [2.05, 4.69) is 17.2 Å². The molecule has 0 aliphatic rings. The summed E-state index contributed by atoms with van der Waals surface area (Å²) < 4.78 is 5.15. The van der Waals surface area contributed by atoms with E-state index in [0.717, 1.165) is 41.4 Å². The minimum absolute atomic E-state index is 0.106. The smallest absolute Gasteiger partial charge is 0.220 e. The molecular formula is C17H22N2O2S. The molecule has 0 saturated carbocycles. The first-order valence-corrected chi connectivity index (χ1v) is 8.46. The van der Waals surface area contributed by atoms with Gasteiger partial charge >= 0.3 is 0 Å². The SMILES string of the molecule is CCCCNC(=O)CCc1nc(-c2ccc(OC)cc2)cs1.